The second-order valence-corrected chi connectivity index (χ2v) is 5.49. The van der Waals surface area contributed by atoms with Crippen molar-refractivity contribution in [1.29, 1.82) is 0 Å². The molecule has 2 N–H and O–H groups in total. The lowest BCUT2D eigenvalue weighted by Gasteiger charge is -2.03. The number of benzene rings is 1. The fraction of sp³-hybridized carbons (Fsp3) is 0. The Bertz CT molecular complexity index is 699. The maximum Gasteiger partial charge on any atom is 0.274 e. The number of carbonyl (C=O) groups excluding carboxylic acids is 1. The summed E-state index contributed by atoms with van der Waals surface area (Å²) < 4.78 is 0.429. The molecule has 8 heteroatoms. The minimum Gasteiger partial charge on any atom is -0.505 e. The lowest BCUT2D eigenvalue weighted by molar-refractivity contribution is 0.0955. The highest BCUT2D eigenvalue weighted by Gasteiger charge is 2.09. The fourth-order valence-electron chi connectivity index (χ4n) is 1.44. The predicted molar refractivity (Wildman–Crippen MR) is 85.1 cm³/mol. The minimum atomic E-state index is -0.478. The third-order valence-corrected chi connectivity index (χ3v) is 3.62. The number of hydrogen-bond donors (Lipinski definition) is 2. The summed E-state index contributed by atoms with van der Waals surface area (Å²) in [4.78, 5) is 15.6. The summed E-state index contributed by atoms with van der Waals surface area (Å²) in [6.45, 7) is 0. The number of hydrazone groups is 1. The lowest BCUT2D eigenvalue weighted by Crippen LogP contribution is -2.18. The smallest absolute Gasteiger partial charge is 0.274 e. The summed E-state index contributed by atoms with van der Waals surface area (Å²) in [5.74, 6) is -0.534. The third-order valence-electron chi connectivity index (χ3n) is 2.42. The molecule has 0 fully saturated rings. The van der Waals surface area contributed by atoms with E-state index in [1.807, 2.05) is 0 Å². The van der Waals surface area contributed by atoms with Crippen molar-refractivity contribution < 1.29 is 9.90 Å². The molecular weight excluding hydrogens is 381 g/mol. The molecule has 0 unspecified atom stereocenters. The van der Waals surface area contributed by atoms with Gasteiger partial charge in [0.15, 0.2) is 0 Å². The molecule has 0 saturated carbocycles. The summed E-state index contributed by atoms with van der Waals surface area (Å²) in [5, 5.41) is 13.6. The molecule has 0 spiro atoms. The van der Waals surface area contributed by atoms with Crippen LogP contribution in [-0.2, 0) is 0 Å². The van der Waals surface area contributed by atoms with Gasteiger partial charge in [-0.3, -0.25) is 4.79 Å². The second-order valence-electron chi connectivity index (χ2n) is 3.87. The van der Waals surface area contributed by atoms with Gasteiger partial charge in [0.05, 0.1) is 21.3 Å². The molecule has 1 aromatic carbocycles. The van der Waals surface area contributed by atoms with Crippen LogP contribution in [-0.4, -0.2) is 22.2 Å². The molecule has 5 nitrogen and oxygen atoms in total. The Hall–Kier alpha value is -1.63. The van der Waals surface area contributed by atoms with E-state index in [2.05, 4.69) is 31.4 Å². The summed E-state index contributed by atoms with van der Waals surface area (Å²) in [6.07, 6.45) is 2.87. The van der Waals surface area contributed by atoms with E-state index >= 15 is 0 Å². The number of halogens is 3. The lowest BCUT2D eigenvalue weighted by atomic mass is 10.2. The number of phenols is 1. The van der Waals surface area contributed by atoms with E-state index in [0.717, 1.165) is 0 Å². The van der Waals surface area contributed by atoms with Crippen molar-refractivity contribution in [2.45, 2.75) is 0 Å². The molecule has 0 bridgehead atoms. The molecular formula is C13H8BrCl2N3O2. The summed E-state index contributed by atoms with van der Waals surface area (Å²) >= 11 is 14.8. The molecule has 2 rings (SSSR count). The molecule has 2 aromatic rings. The number of carbonyl (C=O) groups is 1. The number of amides is 1. The molecule has 1 aromatic heterocycles. The Morgan fingerprint density at radius 1 is 1.43 bits per heavy atom. The Morgan fingerprint density at radius 2 is 2.19 bits per heavy atom. The van der Waals surface area contributed by atoms with Crippen LogP contribution in [0.2, 0.25) is 10.2 Å². The third kappa shape index (κ3) is 3.93. The van der Waals surface area contributed by atoms with Gasteiger partial charge in [0.25, 0.3) is 5.91 Å². The first-order valence-corrected chi connectivity index (χ1v) is 7.16. The molecule has 1 amide bonds. The van der Waals surface area contributed by atoms with E-state index in [-0.39, 0.29) is 21.5 Å². The highest BCUT2D eigenvalue weighted by Crippen LogP contribution is 2.32. The number of aromatic nitrogens is 1. The van der Waals surface area contributed by atoms with E-state index < -0.39 is 5.91 Å². The number of nitrogens with one attached hydrogen (secondary N) is 1. The van der Waals surface area contributed by atoms with Crippen LogP contribution in [0.5, 0.6) is 5.75 Å². The Morgan fingerprint density at radius 3 is 2.86 bits per heavy atom. The molecule has 21 heavy (non-hydrogen) atoms. The van der Waals surface area contributed by atoms with Gasteiger partial charge >= 0.3 is 0 Å². The average Bonchev–Trinajstić information content (AvgIpc) is 2.45. The number of phenolic OH excluding ortho intramolecular Hbond substituents is 1. The van der Waals surface area contributed by atoms with Gasteiger partial charge in [0.2, 0.25) is 0 Å². The van der Waals surface area contributed by atoms with Crippen molar-refractivity contribution in [2.24, 2.45) is 5.10 Å². The molecule has 0 aliphatic heterocycles. The van der Waals surface area contributed by atoms with Gasteiger partial charge in [-0.25, -0.2) is 10.4 Å². The second kappa shape index (κ2) is 6.89. The van der Waals surface area contributed by atoms with Gasteiger partial charge in [0.1, 0.15) is 10.9 Å². The van der Waals surface area contributed by atoms with Crippen molar-refractivity contribution in [2.75, 3.05) is 0 Å². The maximum absolute atomic E-state index is 11.8. The molecule has 1 heterocycles. The van der Waals surface area contributed by atoms with Crippen LogP contribution < -0.4 is 5.43 Å². The average molecular weight is 389 g/mol. The van der Waals surface area contributed by atoms with E-state index in [9.17, 15) is 9.90 Å². The van der Waals surface area contributed by atoms with E-state index in [1.165, 1.54) is 24.5 Å². The van der Waals surface area contributed by atoms with Crippen LogP contribution in [0.15, 0.2) is 40.0 Å². The van der Waals surface area contributed by atoms with E-state index in [1.54, 1.807) is 12.1 Å². The number of hydrogen-bond acceptors (Lipinski definition) is 4. The van der Waals surface area contributed by atoms with Gasteiger partial charge in [-0.15, -0.1) is 0 Å². The number of pyridine rings is 1. The summed E-state index contributed by atoms with van der Waals surface area (Å²) in [6, 6.07) is 6.25. The predicted octanol–water partition coefficient (Wildman–Crippen LogP) is 3.62. The van der Waals surface area contributed by atoms with Crippen molar-refractivity contribution in [3.8, 4) is 5.75 Å². The van der Waals surface area contributed by atoms with Crippen LogP contribution >= 0.6 is 39.1 Å². The minimum absolute atomic E-state index is 0.0556. The molecule has 0 saturated heterocycles. The van der Waals surface area contributed by atoms with E-state index in [4.69, 9.17) is 23.2 Å². The van der Waals surface area contributed by atoms with Crippen LogP contribution in [0.4, 0.5) is 0 Å². The Labute approximate surface area is 138 Å². The maximum atomic E-state index is 11.8. The van der Waals surface area contributed by atoms with E-state index in [0.29, 0.717) is 10.0 Å². The largest absolute Gasteiger partial charge is 0.505 e. The van der Waals surface area contributed by atoms with Crippen LogP contribution in [0.3, 0.4) is 0 Å². The zero-order valence-corrected chi connectivity index (χ0v) is 13.4. The van der Waals surface area contributed by atoms with Crippen LogP contribution in [0, 0.1) is 0 Å². The van der Waals surface area contributed by atoms with Crippen molar-refractivity contribution in [1.82, 2.24) is 10.4 Å². The zero-order valence-electron chi connectivity index (χ0n) is 10.3. The van der Waals surface area contributed by atoms with Gasteiger partial charge < -0.3 is 5.11 Å². The van der Waals surface area contributed by atoms with Gasteiger partial charge in [-0.1, -0.05) is 23.2 Å². The monoisotopic (exact) mass is 387 g/mol. The van der Waals surface area contributed by atoms with Gasteiger partial charge in [-0.05, 0) is 45.8 Å². The summed E-state index contributed by atoms with van der Waals surface area (Å²) in [5.41, 5.74) is 3.15. The Balaban J connectivity index is 2.10. The van der Waals surface area contributed by atoms with Crippen molar-refractivity contribution in [3.63, 3.8) is 0 Å². The molecule has 0 atom stereocenters. The van der Waals surface area contributed by atoms with Crippen molar-refractivity contribution >= 4 is 51.3 Å². The van der Waals surface area contributed by atoms with Crippen molar-refractivity contribution in [3.05, 3.63) is 56.2 Å². The molecule has 0 aliphatic carbocycles. The molecule has 0 aliphatic rings. The first-order chi connectivity index (χ1) is 9.99. The first kappa shape index (κ1) is 15.8. The van der Waals surface area contributed by atoms with Crippen LogP contribution in [0.25, 0.3) is 0 Å². The topological polar surface area (TPSA) is 74.6 Å². The fourth-order valence-corrected chi connectivity index (χ4v) is 2.47. The van der Waals surface area contributed by atoms with Crippen LogP contribution in [0.1, 0.15) is 15.9 Å². The highest BCUT2D eigenvalue weighted by molar-refractivity contribution is 9.10. The quantitative estimate of drug-likeness (QED) is 0.479. The molecule has 0 radical (unpaired) electrons. The highest BCUT2D eigenvalue weighted by atomic mass is 79.9. The number of rotatable bonds is 3. The standard InChI is InChI=1S/C13H8BrCl2N3O2/c14-9-4-7(5-10(15)11(9)20)6-18-19-13(21)8-2-1-3-17-12(8)16/h1-6,20H,(H,19,21). The Kier molecular flexibility index (Phi) is 5.17. The normalized spacial score (nSPS) is 10.8. The van der Waals surface area contributed by atoms with Gasteiger partial charge in [0, 0.05) is 6.20 Å². The zero-order chi connectivity index (χ0) is 15.4. The number of nitrogens with zero attached hydrogens (tertiary/aromatic N) is 2. The SMILES string of the molecule is O=C(NN=Cc1cc(Cl)c(O)c(Br)c1)c1cccnc1Cl. The molecule has 108 valence electrons. The first-order valence-electron chi connectivity index (χ1n) is 5.61. The van der Waals surface area contributed by atoms with Gasteiger partial charge in [-0.2, -0.15) is 5.10 Å². The summed E-state index contributed by atoms with van der Waals surface area (Å²) in [7, 11) is 0. The number of aromatic hydroxyl groups is 1.